The number of nitrogens with zero attached hydrogens (tertiary/aromatic N) is 3. The number of thioether (sulfide) groups is 1. The topological polar surface area (TPSA) is 59.2 Å². The number of rotatable bonds is 8. The molecule has 0 saturated heterocycles. The molecule has 0 radical (unpaired) electrons. The summed E-state index contributed by atoms with van der Waals surface area (Å²) in [5, 5.41) is 6.66. The maximum absolute atomic E-state index is 12.5. The lowest BCUT2D eigenvalue weighted by Gasteiger charge is -2.18. The third-order valence-electron chi connectivity index (χ3n) is 3.68. The minimum atomic E-state index is 0.0577. The van der Waals surface area contributed by atoms with E-state index in [9.17, 15) is 4.79 Å². The molecule has 0 aliphatic heterocycles. The first-order valence-electron chi connectivity index (χ1n) is 8.12. The van der Waals surface area contributed by atoms with Gasteiger partial charge in [0.05, 0.1) is 17.2 Å². The van der Waals surface area contributed by atoms with Crippen LogP contribution in [0.5, 0.6) is 0 Å². The molecule has 0 N–H and O–H groups in total. The summed E-state index contributed by atoms with van der Waals surface area (Å²) >= 11 is 9.01. The predicted octanol–water partition coefficient (Wildman–Crippen LogP) is 4.73. The molecule has 3 rings (SSSR count). The average molecular weight is 408 g/mol. The van der Waals surface area contributed by atoms with Gasteiger partial charge in [0.25, 0.3) is 0 Å². The fourth-order valence-electron chi connectivity index (χ4n) is 2.29. The van der Waals surface area contributed by atoms with Gasteiger partial charge in [0.1, 0.15) is 0 Å². The Bertz CT molecular complexity index is 835. The molecule has 0 saturated carbocycles. The molecule has 5 nitrogen and oxygen atoms in total. The van der Waals surface area contributed by atoms with Gasteiger partial charge in [-0.25, -0.2) is 0 Å². The second kappa shape index (κ2) is 9.21. The van der Waals surface area contributed by atoms with Crippen molar-refractivity contribution in [3.05, 3.63) is 58.3 Å². The van der Waals surface area contributed by atoms with Gasteiger partial charge in [0.2, 0.25) is 17.6 Å². The highest BCUT2D eigenvalue weighted by molar-refractivity contribution is 7.99. The van der Waals surface area contributed by atoms with Crippen molar-refractivity contribution >= 4 is 40.6 Å². The number of aromatic nitrogens is 2. The number of amides is 1. The van der Waals surface area contributed by atoms with E-state index in [1.807, 2.05) is 48.7 Å². The molecule has 1 aromatic carbocycles. The van der Waals surface area contributed by atoms with Crippen molar-refractivity contribution in [3.63, 3.8) is 0 Å². The molecule has 2 heterocycles. The fourth-order valence-corrected chi connectivity index (χ4v) is 3.96. The molecule has 136 valence electrons. The summed E-state index contributed by atoms with van der Waals surface area (Å²) in [4.78, 5) is 19.5. The second-order valence-electron chi connectivity index (χ2n) is 5.52. The summed E-state index contributed by atoms with van der Waals surface area (Å²) in [5.74, 6) is 2.25. The van der Waals surface area contributed by atoms with E-state index in [0.29, 0.717) is 35.6 Å². The van der Waals surface area contributed by atoms with Crippen LogP contribution < -0.4 is 0 Å². The number of benzene rings is 1. The van der Waals surface area contributed by atoms with Crippen molar-refractivity contribution in [2.75, 3.05) is 12.3 Å². The largest absolute Gasteiger partial charge is 0.337 e. The van der Waals surface area contributed by atoms with Crippen LogP contribution in [0.25, 0.3) is 10.7 Å². The molecular formula is C18H18ClN3O2S2. The van der Waals surface area contributed by atoms with Crippen molar-refractivity contribution in [2.24, 2.45) is 0 Å². The Kier molecular flexibility index (Phi) is 6.71. The van der Waals surface area contributed by atoms with E-state index in [2.05, 4.69) is 10.1 Å². The van der Waals surface area contributed by atoms with Crippen molar-refractivity contribution in [1.29, 1.82) is 0 Å². The van der Waals surface area contributed by atoms with Crippen molar-refractivity contribution in [3.8, 4) is 10.7 Å². The quantitative estimate of drug-likeness (QED) is 0.540. The van der Waals surface area contributed by atoms with Crippen LogP contribution in [0.4, 0.5) is 0 Å². The number of hydrogen-bond acceptors (Lipinski definition) is 6. The molecule has 0 aliphatic rings. The highest BCUT2D eigenvalue weighted by Crippen LogP contribution is 2.22. The molecule has 26 heavy (non-hydrogen) atoms. The minimum absolute atomic E-state index is 0.0577. The van der Waals surface area contributed by atoms with Gasteiger partial charge in [-0.3, -0.25) is 4.79 Å². The maximum atomic E-state index is 12.5. The zero-order chi connectivity index (χ0) is 18.4. The molecule has 8 heteroatoms. The van der Waals surface area contributed by atoms with Crippen LogP contribution in [0.1, 0.15) is 18.4 Å². The van der Waals surface area contributed by atoms with Crippen LogP contribution in [0.3, 0.4) is 0 Å². The van der Waals surface area contributed by atoms with Crippen LogP contribution in [0.2, 0.25) is 5.02 Å². The molecule has 2 aromatic heterocycles. The third kappa shape index (κ3) is 5.09. The molecule has 0 unspecified atom stereocenters. The highest BCUT2D eigenvalue weighted by atomic mass is 35.5. The summed E-state index contributed by atoms with van der Waals surface area (Å²) in [5.41, 5.74) is 1.15. The maximum Gasteiger partial charge on any atom is 0.246 e. The van der Waals surface area contributed by atoms with Gasteiger partial charge in [-0.05, 0) is 36.1 Å². The van der Waals surface area contributed by atoms with Crippen LogP contribution in [-0.2, 0) is 17.1 Å². The van der Waals surface area contributed by atoms with E-state index < -0.39 is 0 Å². The molecule has 0 aliphatic carbocycles. The van der Waals surface area contributed by atoms with Gasteiger partial charge in [-0.1, -0.05) is 35.0 Å². The number of thiophene rings is 1. The summed E-state index contributed by atoms with van der Waals surface area (Å²) in [6, 6.07) is 11.5. The number of hydrogen-bond donors (Lipinski definition) is 0. The third-order valence-corrected chi connectivity index (χ3v) is 5.78. The zero-order valence-corrected chi connectivity index (χ0v) is 16.6. The van der Waals surface area contributed by atoms with Crippen molar-refractivity contribution in [2.45, 2.75) is 19.2 Å². The Hall–Kier alpha value is -1.83. The average Bonchev–Trinajstić information content (AvgIpc) is 3.32. The lowest BCUT2D eigenvalue weighted by molar-refractivity contribution is -0.129. The summed E-state index contributed by atoms with van der Waals surface area (Å²) in [6.45, 7) is 2.87. The van der Waals surface area contributed by atoms with Gasteiger partial charge in [-0.15, -0.1) is 23.1 Å². The minimum Gasteiger partial charge on any atom is -0.337 e. The van der Waals surface area contributed by atoms with Gasteiger partial charge in [-0.2, -0.15) is 4.98 Å². The fraction of sp³-hybridized carbons (Fsp3) is 0.278. The molecule has 0 bridgehead atoms. The molecule has 0 atom stereocenters. The van der Waals surface area contributed by atoms with Gasteiger partial charge < -0.3 is 9.42 Å². The van der Waals surface area contributed by atoms with Gasteiger partial charge >= 0.3 is 0 Å². The molecule has 0 spiro atoms. The summed E-state index contributed by atoms with van der Waals surface area (Å²) in [7, 11) is 0. The standard InChI is InChI=1S/C18H18ClN3O2S2/c1-2-22(10-16-20-18(21-24-16)15-4-3-9-26-15)17(23)12-25-11-13-5-7-14(19)8-6-13/h3-9H,2,10-12H2,1H3. The Labute approximate surface area is 165 Å². The number of halogens is 1. The second-order valence-corrected chi connectivity index (χ2v) is 7.89. The monoisotopic (exact) mass is 407 g/mol. The molecule has 3 aromatic rings. The van der Waals surface area contributed by atoms with Gasteiger partial charge in [0, 0.05) is 17.3 Å². The first-order chi connectivity index (χ1) is 12.7. The first-order valence-corrected chi connectivity index (χ1v) is 10.5. The normalized spacial score (nSPS) is 10.8. The Morgan fingerprint density at radius 3 is 2.81 bits per heavy atom. The van der Waals surface area contributed by atoms with E-state index >= 15 is 0 Å². The zero-order valence-electron chi connectivity index (χ0n) is 14.2. The predicted molar refractivity (Wildman–Crippen MR) is 106 cm³/mol. The summed E-state index contributed by atoms with van der Waals surface area (Å²) < 4.78 is 5.29. The van der Waals surface area contributed by atoms with Crippen LogP contribution >= 0.6 is 34.7 Å². The van der Waals surface area contributed by atoms with Crippen LogP contribution in [0, 0.1) is 0 Å². The van der Waals surface area contributed by atoms with E-state index in [-0.39, 0.29) is 5.91 Å². The van der Waals surface area contributed by atoms with E-state index in [1.54, 1.807) is 28.0 Å². The Balaban J connectivity index is 1.51. The van der Waals surface area contributed by atoms with Crippen molar-refractivity contribution in [1.82, 2.24) is 15.0 Å². The lowest BCUT2D eigenvalue weighted by Crippen LogP contribution is -2.31. The van der Waals surface area contributed by atoms with E-state index in [4.69, 9.17) is 16.1 Å². The van der Waals surface area contributed by atoms with E-state index in [0.717, 1.165) is 16.2 Å². The van der Waals surface area contributed by atoms with Crippen LogP contribution in [0.15, 0.2) is 46.3 Å². The highest BCUT2D eigenvalue weighted by Gasteiger charge is 2.17. The molecular weight excluding hydrogens is 390 g/mol. The van der Waals surface area contributed by atoms with E-state index in [1.165, 1.54) is 0 Å². The lowest BCUT2D eigenvalue weighted by atomic mass is 10.2. The molecule has 1 amide bonds. The first kappa shape index (κ1) is 18.9. The summed E-state index contributed by atoms with van der Waals surface area (Å²) in [6.07, 6.45) is 0. The molecule has 0 fully saturated rings. The SMILES string of the molecule is CCN(Cc1nc(-c2cccs2)no1)C(=O)CSCc1ccc(Cl)cc1. The van der Waals surface area contributed by atoms with Crippen molar-refractivity contribution < 1.29 is 9.32 Å². The van der Waals surface area contributed by atoms with Gasteiger partial charge in [0.15, 0.2) is 0 Å². The number of carbonyl (C=O) groups is 1. The number of carbonyl (C=O) groups excluding carboxylic acids is 1. The van der Waals surface area contributed by atoms with Crippen LogP contribution in [-0.4, -0.2) is 33.2 Å². The Morgan fingerprint density at radius 2 is 2.12 bits per heavy atom. The Morgan fingerprint density at radius 1 is 1.31 bits per heavy atom. The smallest absolute Gasteiger partial charge is 0.246 e.